The molecule has 0 spiro atoms. The van der Waals surface area contributed by atoms with E-state index in [-0.39, 0.29) is 0 Å². The highest BCUT2D eigenvalue weighted by Gasteiger charge is 1.81. The standard InChI is InChI=1S/C7H8.2C2H6.CH4O3S/c1-7-5-3-2-4-6-7;2*1-2;1-5(2,3)4/h2-6H,1H3;2*1-2H3;1H3,(H,2,3,4). The lowest BCUT2D eigenvalue weighted by molar-refractivity contribution is 0.490. The largest absolute Gasteiger partial charge is 0.286 e. The van der Waals surface area contributed by atoms with Crippen LogP contribution in [-0.4, -0.2) is 19.2 Å². The van der Waals surface area contributed by atoms with Crippen LogP contribution in [0.2, 0.25) is 0 Å². The van der Waals surface area contributed by atoms with Gasteiger partial charge < -0.3 is 0 Å². The van der Waals surface area contributed by atoms with Gasteiger partial charge in [-0.15, -0.1) is 0 Å². The lowest BCUT2D eigenvalue weighted by Crippen LogP contribution is -1.88. The van der Waals surface area contributed by atoms with Gasteiger partial charge in [0.15, 0.2) is 0 Å². The highest BCUT2D eigenvalue weighted by atomic mass is 32.2. The van der Waals surface area contributed by atoms with Crippen molar-refractivity contribution in [1.29, 1.82) is 0 Å². The van der Waals surface area contributed by atoms with Gasteiger partial charge in [0.05, 0.1) is 6.26 Å². The third-order valence-corrected chi connectivity index (χ3v) is 0.940. The van der Waals surface area contributed by atoms with E-state index < -0.39 is 10.1 Å². The average Bonchev–Trinajstić information content (AvgIpc) is 2.22. The molecule has 1 N–H and O–H groups in total. The maximum Gasteiger partial charge on any atom is 0.261 e. The Kier molecular flexibility index (Phi) is 18.1. The summed E-state index contributed by atoms with van der Waals surface area (Å²) in [5.41, 5.74) is 1.32. The molecule has 1 aromatic rings. The van der Waals surface area contributed by atoms with E-state index in [4.69, 9.17) is 4.55 Å². The van der Waals surface area contributed by atoms with Crippen LogP contribution in [-0.2, 0) is 10.1 Å². The van der Waals surface area contributed by atoms with Crippen molar-refractivity contribution in [3.05, 3.63) is 35.9 Å². The summed E-state index contributed by atoms with van der Waals surface area (Å²) in [6, 6.07) is 10.3. The fourth-order valence-electron chi connectivity index (χ4n) is 0.534. The fourth-order valence-corrected chi connectivity index (χ4v) is 0.534. The fraction of sp³-hybridized carbons (Fsp3) is 0.500. The Morgan fingerprint density at radius 1 is 0.938 bits per heavy atom. The van der Waals surface area contributed by atoms with Crippen molar-refractivity contribution in [1.82, 2.24) is 0 Å². The van der Waals surface area contributed by atoms with E-state index in [1.165, 1.54) is 5.56 Å². The molecule has 16 heavy (non-hydrogen) atoms. The van der Waals surface area contributed by atoms with Crippen LogP contribution in [0.4, 0.5) is 0 Å². The molecule has 0 atom stereocenters. The SMILES string of the molecule is CC.CC.CS(=O)(=O)O.Cc1ccccc1. The molecule has 3 nitrogen and oxygen atoms in total. The Hall–Kier alpha value is -0.870. The minimum atomic E-state index is -3.67. The Balaban J connectivity index is -0.000000167. The van der Waals surface area contributed by atoms with Gasteiger partial charge in [-0.05, 0) is 6.92 Å². The molecule has 0 aliphatic heterocycles. The van der Waals surface area contributed by atoms with Crippen LogP contribution in [0.3, 0.4) is 0 Å². The summed E-state index contributed by atoms with van der Waals surface area (Å²) in [5.74, 6) is 0. The molecular formula is C12H24O3S. The van der Waals surface area contributed by atoms with Gasteiger partial charge in [0.1, 0.15) is 0 Å². The highest BCUT2D eigenvalue weighted by Crippen LogP contribution is 1.92. The van der Waals surface area contributed by atoms with E-state index in [1.807, 2.05) is 45.9 Å². The summed E-state index contributed by atoms with van der Waals surface area (Å²) >= 11 is 0. The third-order valence-electron chi connectivity index (χ3n) is 0.940. The molecule has 0 radical (unpaired) electrons. The van der Waals surface area contributed by atoms with Crippen LogP contribution >= 0.6 is 0 Å². The van der Waals surface area contributed by atoms with Crippen molar-refractivity contribution in [2.75, 3.05) is 6.26 Å². The summed E-state index contributed by atoms with van der Waals surface area (Å²) in [4.78, 5) is 0. The second kappa shape index (κ2) is 14.1. The molecule has 0 bridgehead atoms. The minimum Gasteiger partial charge on any atom is -0.286 e. The van der Waals surface area contributed by atoms with Gasteiger partial charge in [-0.2, -0.15) is 8.42 Å². The number of rotatable bonds is 0. The molecule has 0 amide bonds. The molecule has 96 valence electrons. The molecule has 1 aromatic carbocycles. The number of aryl methyl sites for hydroxylation is 1. The lowest BCUT2D eigenvalue weighted by Gasteiger charge is -1.82. The quantitative estimate of drug-likeness (QED) is 0.714. The van der Waals surface area contributed by atoms with Crippen molar-refractivity contribution in [2.24, 2.45) is 0 Å². The van der Waals surface area contributed by atoms with E-state index in [2.05, 4.69) is 19.1 Å². The van der Waals surface area contributed by atoms with Gasteiger partial charge in [-0.3, -0.25) is 4.55 Å². The minimum absolute atomic E-state index is 0.715. The smallest absolute Gasteiger partial charge is 0.261 e. The van der Waals surface area contributed by atoms with Crippen LogP contribution in [0, 0.1) is 6.92 Å². The molecule has 0 saturated carbocycles. The summed E-state index contributed by atoms with van der Waals surface area (Å²) < 4.78 is 25.9. The average molecular weight is 248 g/mol. The highest BCUT2D eigenvalue weighted by molar-refractivity contribution is 7.85. The van der Waals surface area contributed by atoms with Crippen molar-refractivity contribution in [3.63, 3.8) is 0 Å². The Morgan fingerprint density at radius 3 is 1.31 bits per heavy atom. The molecular weight excluding hydrogens is 224 g/mol. The topological polar surface area (TPSA) is 54.4 Å². The number of hydrogen-bond donors (Lipinski definition) is 1. The van der Waals surface area contributed by atoms with Crippen LogP contribution in [0.15, 0.2) is 30.3 Å². The van der Waals surface area contributed by atoms with Crippen molar-refractivity contribution in [2.45, 2.75) is 34.6 Å². The van der Waals surface area contributed by atoms with Gasteiger partial charge in [-0.25, -0.2) is 0 Å². The summed E-state index contributed by atoms with van der Waals surface area (Å²) in [5, 5.41) is 0. The molecule has 0 unspecified atom stereocenters. The zero-order valence-electron chi connectivity index (χ0n) is 11.1. The summed E-state index contributed by atoms with van der Waals surface area (Å²) in [6.07, 6.45) is 0.715. The van der Waals surface area contributed by atoms with E-state index in [9.17, 15) is 8.42 Å². The Bertz CT molecular complexity index is 296. The molecule has 0 heterocycles. The third kappa shape index (κ3) is 38.0. The maximum atomic E-state index is 9.19. The van der Waals surface area contributed by atoms with E-state index in [0.29, 0.717) is 6.26 Å². The first-order chi connectivity index (χ1) is 7.39. The second-order valence-corrected chi connectivity index (χ2v) is 3.85. The molecule has 0 aliphatic carbocycles. The maximum absolute atomic E-state index is 9.19. The van der Waals surface area contributed by atoms with Gasteiger partial charge in [0, 0.05) is 0 Å². The summed E-state index contributed by atoms with van der Waals surface area (Å²) in [7, 11) is -3.67. The Labute approximate surface area is 100 Å². The monoisotopic (exact) mass is 248 g/mol. The van der Waals surface area contributed by atoms with Crippen LogP contribution in [0.25, 0.3) is 0 Å². The molecule has 1 rings (SSSR count). The summed E-state index contributed by atoms with van der Waals surface area (Å²) in [6.45, 7) is 10.1. The van der Waals surface area contributed by atoms with E-state index in [1.54, 1.807) is 0 Å². The second-order valence-electron chi connectivity index (χ2n) is 2.39. The lowest BCUT2D eigenvalue weighted by atomic mass is 10.2. The number of benzene rings is 1. The Morgan fingerprint density at radius 2 is 1.19 bits per heavy atom. The number of hydrogen-bond acceptors (Lipinski definition) is 2. The van der Waals surface area contributed by atoms with Crippen LogP contribution in [0.5, 0.6) is 0 Å². The molecule has 4 heteroatoms. The van der Waals surface area contributed by atoms with Crippen LogP contribution < -0.4 is 0 Å². The van der Waals surface area contributed by atoms with Crippen molar-refractivity contribution in [3.8, 4) is 0 Å². The van der Waals surface area contributed by atoms with Gasteiger partial charge in [0.25, 0.3) is 10.1 Å². The van der Waals surface area contributed by atoms with E-state index in [0.717, 1.165) is 0 Å². The predicted molar refractivity (Wildman–Crippen MR) is 71.3 cm³/mol. The van der Waals surface area contributed by atoms with Crippen molar-refractivity contribution < 1.29 is 13.0 Å². The first-order valence-corrected chi connectivity index (χ1v) is 7.18. The zero-order chi connectivity index (χ0) is 13.6. The van der Waals surface area contributed by atoms with Crippen molar-refractivity contribution >= 4 is 10.1 Å². The van der Waals surface area contributed by atoms with Gasteiger partial charge >= 0.3 is 0 Å². The first-order valence-electron chi connectivity index (χ1n) is 5.33. The van der Waals surface area contributed by atoms with Gasteiger partial charge in [-0.1, -0.05) is 63.6 Å². The molecule has 0 saturated heterocycles. The first kappa shape index (κ1) is 20.5. The zero-order valence-corrected chi connectivity index (χ0v) is 11.9. The van der Waals surface area contributed by atoms with Crippen LogP contribution in [0.1, 0.15) is 33.3 Å². The normalized spacial score (nSPS) is 8.19. The van der Waals surface area contributed by atoms with E-state index >= 15 is 0 Å². The molecule has 0 fully saturated rings. The molecule has 0 aliphatic rings. The van der Waals surface area contributed by atoms with Gasteiger partial charge in [0.2, 0.25) is 0 Å². The predicted octanol–water partition coefficient (Wildman–Crippen LogP) is 3.55. The molecule has 0 aromatic heterocycles.